The molecule has 3 heteroatoms. The second-order valence-corrected chi connectivity index (χ2v) is 4.41. The van der Waals surface area contributed by atoms with Crippen LogP contribution in [0.5, 0.6) is 0 Å². The normalized spacial score (nSPS) is 15.7. The topological polar surface area (TPSA) is 23.6 Å². The van der Waals surface area contributed by atoms with Crippen LogP contribution in [0.3, 0.4) is 0 Å². The molecule has 0 saturated carbocycles. The molecule has 0 radical (unpaired) electrons. The van der Waals surface area contributed by atoms with Gasteiger partial charge < -0.3 is 4.90 Å². The quantitative estimate of drug-likeness (QED) is 0.768. The summed E-state index contributed by atoms with van der Waals surface area (Å²) in [5.74, 6) is 0. The van der Waals surface area contributed by atoms with Crippen LogP contribution in [0, 0.1) is 0 Å². The molecule has 0 unspecified atom stereocenters. The molecule has 1 saturated heterocycles. The van der Waals surface area contributed by atoms with E-state index in [0.717, 1.165) is 38.2 Å². The molecule has 3 nitrogen and oxygen atoms in total. The lowest BCUT2D eigenvalue weighted by Gasteiger charge is -2.32. The monoisotopic (exact) mass is 232 g/mol. The van der Waals surface area contributed by atoms with Crippen molar-refractivity contribution in [3.05, 3.63) is 30.3 Å². The van der Waals surface area contributed by atoms with Gasteiger partial charge in [-0.1, -0.05) is 18.2 Å². The molecule has 2 amide bonds. The number of rotatable bonds is 2. The number of piperidine rings is 1. The van der Waals surface area contributed by atoms with E-state index in [1.165, 1.54) is 6.42 Å². The highest BCUT2D eigenvalue weighted by molar-refractivity contribution is 5.91. The van der Waals surface area contributed by atoms with E-state index in [9.17, 15) is 4.79 Å². The summed E-state index contributed by atoms with van der Waals surface area (Å²) in [5, 5.41) is 0. The fraction of sp³-hybridized carbons (Fsp3) is 0.500. The Morgan fingerprint density at radius 2 is 1.82 bits per heavy atom. The van der Waals surface area contributed by atoms with Gasteiger partial charge in [0.1, 0.15) is 0 Å². The number of carbonyl (C=O) groups is 1. The number of amides is 2. The molecule has 2 rings (SSSR count). The number of benzene rings is 1. The van der Waals surface area contributed by atoms with E-state index in [2.05, 4.69) is 0 Å². The average molecular weight is 232 g/mol. The molecule has 0 bridgehead atoms. The summed E-state index contributed by atoms with van der Waals surface area (Å²) < 4.78 is 0. The number of nitrogens with zero attached hydrogens (tertiary/aromatic N) is 2. The molecule has 0 N–H and O–H groups in total. The van der Waals surface area contributed by atoms with E-state index < -0.39 is 0 Å². The Bertz CT molecular complexity index is 358. The number of carbonyl (C=O) groups excluding carboxylic acids is 1. The van der Waals surface area contributed by atoms with E-state index in [1.807, 2.05) is 47.1 Å². The molecule has 1 aliphatic rings. The first-order valence-corrected chi connectivity index (χ1v) is 6.44. The van der Waals surface area contributed by atoms with E-state index in [0.29, 0.717) is 0 Å². The smallest absolute Gasteiger partial charge is 0.324 e. The lowest BCUT2D eigenvalue weighted by atomic mass is 10.1. The highest BCUT2D eigenvalue weighted by atomic mass is 16.2. The maximum atomic E-state index is 12.4. The first-order chi connectivity index (χ1) is 8.33. The number of hydrogen-bond acceptors (Lipinski definition) is 1. The van der Waals surface area contributed by atoms with Gasteiger partial charge in [-0.3, -0.25) is 4.90 Å². The van der Waals surface area contributed by atoms with Gasteiger partial charge in [-0.25, -0.2) is 4.79 Å². The minimum absolute atomic E-state index is 0.151. The van der Waals surface area contributed by atoms with Gasteiger partial charge in [0, 0.05) is 25.3 Å². The Morgan fingerprint density at radius 1 is 1.18 bits per heavy atom. The lowest BCUT2D eigenvalue weighted by molar-refractivity contribution is 0.193. The van der Waals surface area contributed by atoms with Crippen LogP contribution in [0.15, 0.2) is 30.3 Å². The molecule has 0 atom stereocenters. The Kier molecular flexibility index (Phi) is 4.02. The summed E-state index contributed by atoms with van der Waals surface area (Å²) >= 11 is 0. The van der Waals surface area contributed by atoms with E-state index in [-0.39, 0.29) is 6.03 Å². The molecule has 1 aromatic rings. The summed E-state index contributed by atoms with van der Waals surface area (Å²) in [6.07, 6.45) is 3.53. The van der Waals surface area contributed by atoms with Gasteiger partial charge in [0.15, 0.2) is 0 Å². The highest BCUT2D eigenvalue weighted by Crippen LogP contribution is 2.17. The third kappa shape index (κ3) is 2.78. The first kappa shape index (κ1) is 12.0. The molecule has 1 aliphatic heterocycles. The Hall–Kier alpha value is -1.51. The standard InChI is InChI=1S/C14H20N2O/c1-2-16(13-9-5-3-6-10-13)14(17)15-11-7-4-8-12-15/h3,5-6,9-10H,2,4,7-8,11-12H2,1H3. The van der Waals surface area contributed by atoms with E-state index >= 15 is 0 Å². The molecule has 1 fully saturated rings. The number of urea groups is 1. The molecule has 1 aromatic carbocycles. The van der Waals surface area contributed by atoms with Crippen molar-refractivity contribution in [1.82, 2.24) is 4.90 Å². The van der Waals surface area contributed by atoms with Crippen LogP contribution < -0.4 is 4.90 Å². The largest absolute Gasteiger partial charge is 0.324 e. The fourth-order valence-corrected chi connectivity index (χ4v) is 2.29. The minimum atomic E-state index is 0.151. The van der Waals surface area contributed by atoms with Crippen molar-refractivity contribution < 1.29 is 4.79 Å². The number of hydrogen-bond donors (Lipinski definition) is 0. The van der Waals surface area contributed by atoms with Crippen molar-refractivity contribution in [2.75, 3.05) is 24.5 Å². The Labute approximate surface area is 103 Å². The second-order valence-electron chi connectivity index (χ2n) is 4.41. The van der Waals surface area contributed by atoms with Crippen LogP contribution in [-0.2, 0) is 0 Å². The summed E-state index contributed by atoms with van der Waals surface area (Å²) in [6, 6.07) is 10.1. The molecule has 1 heterocycles. The Morgan fingerprint density at radius 3 is 2.41 bits per heavy atom. The van der Waals surface area contributed by atoms with Crippen LogP contribution in [0.25, 0.3) is 0 Å². The number of anilines is 1. The third-order valence-electron chi connectivity index (χ3n) is 3.24. The van der Waals surface area contributed by atoms with Crippen LogP contribution in [-0.4, -0.2) is 30.6 Å². The van der Waals surface area contributed by atoms with Gasteiger partial charge in [0.2, 0.25) is 0 Å². The van der Waals surface area contributed by atoms with Gasteiger partial charge in [0.25, 0.3) is 0 Å². The van der Waals surface area contributed by atoms with Gasteiger partial charge >= 0.3 is 6.03 Å². The van der Waals surface area contributed by atoms with Crippen molar-refractivity contribution >= 4 is 11.7 Å². The Balaban J connectivity index is 2.10. The minimum Gasteiger partial charge on any atom is -0.324 e. The molecule has 0 aromatic heterocycles. The number of para-hydroxylation sites is 1. The summed E-state index contributed by atoms with van der Waals surface area (Å²) in [5.41, 5.74) is 0.991. The van der Waals surface area contributed by atoms with E-state index in [4.69, 9.17) is 0 Å². The predicted octanol–water partition coefficient (Wildman–Crippen LogP) is 3.12. The van der Waals surface area contributed by atoms with Crippen molar-refractivity contribution in [3.8, 4) is 0 Å². The van der Waals surface area contributed by atoms with Gasteiger partial charge in [-0.15, -0.1) is 0 Å². The van der Waals surface area contributed by atoms with Gasteiger partial charge in [-0.05, 0) is 38.3 Å². The summed E-state index contributed by atoms with van der Waals surface area (Å²) in [6.45, 7) is 4.55. The summed E-state index contributed by atoms with van der Waals surface area (Å²) in [7, 11) is 0. The van der Waals surface area contributed by atoms with Gasteiger partial charge in [0.05, 0.1) is 0 Å². The zero-order chi connectivity index (χ0) is 12.1. The second kappa shape index (κ2) is 5.71. The zero-order valence-electron chi connectivity index (χ0n) is 10.4. The molecule has 17 heavy (non-hydrogen) atoms. The van der Waals surface area contributed by atoms with Crippen molar-refractivity contribution in [3.63, 3.8) is 0 Å². The van der Waals surface area contributed by atoms with Crippen molar-refractivity contribution in [2.24, 2.45) is 0 Å². The average Bonchev–Trinajstić information content (AvgIpc) is 2.42. The van der Waals surface area contributed by atoms with Crippen molar-refractivity contribution in [1.29, 1.82) is 0 Å². The van der Waals surface area contributed by atoms with E-state index in [1.54, 1.807) is 0 Å². The van der Waals surface area contributed by atoms with Crippen LogP contribution >= 0.6 is 0 Å². The number of likely N-dealkylation sites (tertiary alicyclic amines) is 1. The SMILES string of the molecule is CCN(C(=O)N1CCCCC1)c1ccccc1. The lowest BCUT2D eigenvalue weighted by Crippen LogP contribution is -2.45. The van der Waals surface area contributed by atoms with Crippen LogP contribution in [0.2, 0.25) is 0 Å². The molecule has 0 aliphatic carbocycles. The maximum absolute atomic E-state index is 12.4. The van der Waals surface area contributed by atoms with Crippen LogP contribution in [0.4, 0.5) is 10.5 Å². The summed E-state index contributed by atoms with van der Waals surface area (Å²) in [4.78, 5) is 16.2. The molecular formula is C14H20N2O. The predicted molar refractivity (Wildman–Crippen MR) is 70.3 cm³/mol. The van der Waals surface area contributed by atoms with Gasteiger partial charge in [-0.2, -0.15) is 0 Å². The molecule has 92 valence electrons. The molecular weight excluding hydrogens is 212 g/mol. The third-order valence-corrected chi connectivity index (χ3v) is 3.24. The zero-order valence-corrected chi connectivity index (χ0v) is 10.4. The fourth-order valence-electron chi connectivity index (χ4n) is 2.29. The molecule has 0 spiro atoms. The van der Waals surface area contributed by atoms with Crippen LogP contribution in [0.1, 0.15) is 26.2 Å². The first-order valence-electron chi connectivity index (χ1n) is 6.44. The van der Waals surface area contributed by atoms with Crippen molar-refractivity contribution in [2.45, 2.75) is 26.2 Å². The highest BCUT2D eigenvalue weighted by Gasteiger charge is 2.22. The maximum Gasteiger partial charge on any atom is 0.324 e.